The zero-order valence-electron chi connectivity index (χ0n) is 14.5. The van der Waals surface area contributed by atoms with Gasteiger partial charge in [0.25, 0.3) is 0 Å². The topological polar surface area (TPSA) is 46.2 Å². The summed E-state index contributed by atoms with van der Waals surface area (Å²) < 4.78 is 28.0. The molecule has 0 fully saturated rings. The summed E-state index contributed by atoms with van der Waals surface area (Å²) in [5.74, 6) is 0. The highest BCUT2D eigenvalue weighted by molar-refractivity contribution is 7.99. The van der Waals surface area contributed by atoms with Crippen LogP contribution in [0.15, 0.2) is 94.7 Å². The second-order valence-corrected chi connectivity index (χ2v) is 9.04. The van der Waals surface area contributed by atoms with E-state index in [9.17, 15) is 8.42 Å². The van der Waals surface area contributed by atoms with Gasteiger partial charge < -0.3 is 0 Å². The molecule has 3 aromatic rings. The van der Waals surface area contributed by atoms with Crippen LogP contribution in [-0.2, 0) is 10.0 Å². The van der Waals surface area contributed by atoms with E-state index in [0.717, 1.165) is 16.0 Å². The molecule has 0 amide bonds. The molecule has 0 radical (unpaired) electrons. The van der Waals surface area contributed by atoms with E-state index >= 15 is 0 Å². The van der Waals surface area contributed by atoms with E-state index in [1.165, 1.54) is 0 Å². The van der Waals surface area contributed by atoms with Gasteiger partial charge in [-0.3, -0.25) is 0 Å². The fourth-order valence-electron chi connectivity index (χ4n) is 2.54. The monoisotopic (exact) mass is 383 g/mol. The summed E-state index contributed by atoms with van der Waals surface area (Å²) >= 11 is 1.65. The van der Waals surface area contributed by atoms with Gasteiger partial charge in [-0.25, -0.2) is 13.1 Å². The lowest BCUT2D eigenvalue weighted by atomic mass is 10.1. The van der Waals surface area contributed by atoms with Crippen LogP contribution in [0, 0.1) is 6.92 Å². The predicted octanol–water partition coefficient (Wildman–Crippen LogP) is 4.81. The largest absolute Gasteiger partial charge is 0.240 e. The van der Waals surface area contributed by atoms with E-state index in [-0.39, 0.29) is 5.25 Å². The summed E-state index contributed by atoms with van der Waals surface area (Å²) in [4.78, 5) is 1.40. The highest BCUT2D eigenvalue weighted by Gasteiger charge is 2.19. The molecular formula is C21H21NO2S2. The Hall–Kier alpha value is -2.08. The van der Waals surface area contributed by atoms with Crippen LogP contribution in [0.1, 0.15) is 16.4 Å². The third kappa shape index (κ3) is 4.97. The first-order valence-electron chi connectivity index (χ1n) is 8.37. The Morgan fingerprint density at radius 3 is 2.04 bits per heavy atom. The Bertz CT molecular complexity index is 925. The molecule has 5 heteroatoms. The number of hydrogen-bond acceptors (Lipinski definition) is 3. The molecule has 26 heavy (non-hydrogen) atoms. The zero-order chi connectivity index (χ0) is 18.4. The average Bonchev–Trinajstić information content (AvgIpc) is 2.67. The zero-order valence-corrected chi connectivity index (χ0v) is 16.1. The standard InChI is InChI=1S/C21H21NO2S2/c1-17-12-14-20(15-13-17)26(23,24)22-16-21(18-8-4-2-5-9-18)25-19-10-6-3-7-11-19/h2-15,21-22H,16H2,1H3. The van der Waals surface area contributed by atoms with Crippen LogP contribution in [0.25, 0.3) is 0 Å². The van der Waals surface area contributed by atoms with Crippen molar-refractivity contribution < 1.29 is 8.42 Å². The minimum Gasteiger partial charge on any atom is -0.210 e. The second kappa shape index (κ2) is 8.54. The third-order valence-corrected chi connectivity index (χ3v) is 6.69. The van der Waals surface area contributed by atoms with Crippen LogP contribution >= 0.6 is 11.8 Å². The van der Waals surface area contributed by atoms with Gasteiger partial charge in [-0.1, -0.05) is 66.2 Å². The first-order valence-corrected chi connectivity index (χ1v) is 10.7. The molecule has 0 saturated carbocycles. The summed E-state index contributed by atoms with van der Waals surface area (Å²) in [6.07, 6.45) is 0. The molecule has 0 spiro atoms. The summed E-state index contributed by atoms with van der Waals surface area (Å²) in [5, 5.41) is -0.0150. The maximum atomic E-state index is 12.6. The number of thioether (sulfide) groups is 1. The minimum absolute atomic E-state index is 0.0150. The van der Waals surface area contributed by atoms with Crippen molar-refractivity contribution in [2.75, 3.05) is 6.54 Å². The average molecular weight is 384 g/mol. The van der Waals surface area contributed by atoms with E-state index in [1.807, 2.05) is 79.7 Å². The fourth-order valence-corrected chi connectivity index (χ4v) is 4.80. The van der Waals surface area contributed by atoms with Gasteiger partial charge in [0.15, 0.2) is 0 Å². The van der Waals surface area contributed by atoms with E-state index in [0.29, 0.717) is 11.4 Å². The Kier molecular flexibility index (Phi) is 6.14. The number of hydrogen-bond donors (Lipinski definition) is 1. The van der Waals surface area contributed by atoms with Gasteiger partial charge in [-0.2, -0.15) is 0 Å². The predicted molar refractivity (Wildman–Crippen MR) is 108 cm³/mol. The molecule has 3 nitrogen and oxygen atoms in total. The first-order chi connectivity index (χ1) is 12.5. The van der Waals surface area contributed by atoms with E-state index in [4.69, 9.17) is 0 Å². The smallest absolute Gasteiger partial charge is 0.210 e. The molecule has 0 saturated heterocycles. The normalized spacial score (nSPS) is 12.7. The van der Waals surface area contributed by atoms with Crippen LogP contribution < -0.4 is 4.72 Å². The fraction of sp³-hybridized carbons (Fsp3) is 0.143. The highest BCUT2D eigenvalue weighted by Crippen LogP contribution is 2.34. The quantitative estimate of drug-likeness (QED) is 0.596. The van der Waals surface area contributed by atoms with Crippen molar-refractivity contribution in [3.63, 3.8) is 0 Å². The summed E-state index contributed by atoms with van der Waals surface area (Å²) in [6.45, 7) is 2.26. The number of aryl methyl sites for hydroxylation is 1. The lowest BCUT2D eigenvalue weighted by molar-refractivity contribution is 0.581. The van der Waals surface area contributed by atoms with E-state index in [1.54, 1.807) is 23.9 Å². The van der Waals surface area contributed by atoms with Crippen LogP contribution in [-0.4, -0.2) is 15.0 Å². The summed E-state index contributed by atoms with van der Waals surface area (Å²) in [6, 6.07) is 26.9. The van der Waals surface area contributed by atoms with Crippen molar-refractivity contribution in [3.8, 4) is 0 Å². The van der Waals surface area contributed by atoms with Gasteiger partial charge in [0, 0.05) is 16.7 Å². The first kappa shape index (κ1) is 18.7. The number of benzene rings is 3. The van der Waals surface area contributed by atoms with Gasteiger partial charge in [0.2, 0.25) is 10.0 Å². The lowest BCUT2D eigenvalue weighted by Crippen LogP contribution is -2.27. The van der Waals surface area contributed by atoms with Gasteiger partial charge in [-0.05, 0) is 36.8 Å². The molecule has 3 aromatic carbocycles. The molecule has 3 rings (SSSR count). The number of sulfonamides is 1. The highest BCUT2D eigenvalue weighted by atomic mass is 32.2. The van der Waals surface area contributed by atoms with E-state index in [2.05, 4.69) is 4.72 Å². The van der Waals surface area contributed by atoms with Crippen molar-refractivity contribution in [3.05, 3.63) is 96.1 Å². The van der Waals surface area contributed by atoms with Crippen LogP contribution in [0.4, 0.5) is 0 Å². The minimum atomic E-state index is -3.54. The maximum Gasteiger partial charge on any atom is 0.240 e. The third-order valence-electron chi connectivity index (χ3n) is 3.98. The molecule has 1 atom stereocenters. The molecule has 0 bridgehead atoms. The van der Waals surface area contributed by atoms with Gasteiger partial charge >= 0.3 is 0 Å². The molecule has 0 aliphatic carbocycles. The molecule has 1 N–H and O–H groups in total. The van der Waals surface area contributed by atoms with Crippen molar-refractivity contribution in [2.24, 2.45) is 0 Å². The summed E-state index contributed by atoms with van der Waals surface area (Å²) in [7, 11) is -3.54. The molecule has 1 unspecified atom stereocenters. The number of rotatable bonds is 7. The van der Waals surface area contributed by atoms with Crippen LogP contribution in [0.5, 0.6) is 0 Å². The van der Waals surface area contributed by atoms with Gasteiger partial charge in [0.05, 0.1) is 4.90 Å². The molecule has 0 aliphatic heterocycles. The van der Waals surface area contributed by atoms with Crippen molar-refractivity contribution in [1.82, 2.24) is 4.72 Å². The maximum absolute atomic E-state index is 12.6. The van der Waals surface area contributed by atoms with Crippen LogP contribution in [0.3, 0.4) is 0 Å². The second-order valence-electron chi connectivity index (χ2n) is 6.00. The Morgan fingerprint density at radius 2 is 1.42 bits per heavy atom. The molecule has 0 heterocycles. The Balaban J connectivity index is 1.78. The SMILES string of the molecule is Cc1ccc(S(=O)(=O)NCC(Sc2ccccc2)c2ccccc2)cc1. The number of nitrogens with one attached hydrogen (secondary N) is 1. The van der Waals surface area contributed by atoms with Gasteiger partial charge in [-0.15, -0.1) is 11.8 Å². The molecule has 0 aromatic heterocycles. The van der Waals surface area contributed by atoms with Crippen molar-refractivity contribution in [2.45, 2.75) is 22.0 Å². The molecule has 0 aliphatic rings. The molecule has 134 valence electrons. The Morgan fingerprint density at radius 1 is 0.846 bits per heavy atom. The van der Waals surface area contributed by atoms with E-state index < -0.39 is 10.0 Å². The van der Waals surface area contributed by atoms with Crippen molar-refractivity contribution >= 4 is 21.8 Å². The van der Waals surface area contributed by atoms with Gasteiger partial charge in [0.1, 0.15) is 0 Å². The Labute approximate surface area is 159 Å². The van der Waals surface area contributed by atoms with Crippen molar-refractivity contribution in [1.29, 1.82) is 0 Å². The lowest BCUT2D eigenvalue weighted by Gasteiger charge is -2.18. The molecular weight excluding hydrogens is 362 g/mol. The van der Waals surface area contributed by atoms with Crippen LogP contribution in [0.2, 0.25) is 0 Å². The summed E-state index contributed by atoms with van der Waals surface area (Å²) in [5.41, 5.74) is 2.12.